The molecular weight excluding hydrogens is 334 g/mol. The molecule has 1 heterocycles. The molecule has 0 aliphatic carbocycles. The molecule has 2 rings (SSSR count). The fraction of sp³-hybridized carbons (Fsp3) is 0.500. The van der Waals surface area contributed by atoms with Crippen LogP contribution < -0.4 is 10.5 Å². The lowest BCUT2D eigenvalue weighted by Crippen LogP contribution is -2.30. The Kier molecular flexibility index (Phi) is 4.20. The summed E-state index contributed by atoms with van der Waals surface area (Å²) in [4.78, 5) is 0. The molecule has 1 saturated heterocycles. The Labute approximate surface area is 120 Å². The first-order valence-corrected chi connectivity index (χ1v) is 8.50. The molecule has 0 spiro atoms. The zero-order valence-electron chi connectivity index (χ0n) is 10.4. The third kappa shape index (κ3) is 3.47. The van der Waals surface area contributed by atoms with Gasteiger partial charge in [0.05, 0.1) is 11.5 Å². The summed E-state index contributed by atoms with van der Waals surface area (Å²) in [5, 5.41) is 9.74. The Morgan fingerprint density at radius 2 is 2.16 bits per heavy atom. The van der Waals surface area contributed by atoms with Crippen molar-refractivity contribution in [3.63, 3.8) is 0 Å². The van der Waals surface area contributed by atoms with Gasteiger partial charge in [0.2, 0.25) is 0 Å². The highest BCUT2D eigenvalue weighted by Crippen LogP contribution is 2.30. The van der Waals surface area contributed by atoms with Crippen LogP contribution in [0.2, 0.25) is 0 Å². The summed E-state index contributed by atoms with van der Waals surface area (Å²) in [6, 6.07) is 5.15. The highest BCUT2D eigenvalue weighted by molar-refractivity contribution is 9.10. The molecule has 1 aliphatic heterocycles. The van der Waals surface area contributed by atoms with Crippen molar-refractivity contribution < 1.29 is 18.3 Å². The molecule has 5 nitrogen and oxygen atoms in total. The Bertz CT molecular complexity index is 573. The molecule has 0 aromatic heterocycles. The van der Waals surface area contributed by atoms with Gasteiger partial charge in [0.1, 0.15) is 18.0 Å². The fourth-order valence-corrected chi connectivity index (χ4v) is 4.06. The van der Waals surface area contributed by atoms with Gasteiger partial charge in [0.25, 0.3) is 0 Å². The Balaban J connectivity index is 2.26. The van der Waals surface area contributed by atoms with Crippen molar-refractivity contribution in [2.24, 2.45) is 5.73 Å². The fourth-order valence-electron chi connectivity index (χ4n) is 2.06. The summed E-state index contributed by atoms with van der Waals surface area (Å²) in [7, 11) is -3.23. The molecule has 3 N–H and O–H groups in total. The molecule has 3 unspecified atom stereocenters. The van der Waals surface area contributed by atoms with Crippen molar-refractivity contribution in [1.82, 2.24) is 0 Å². The van der Waals surface area contributed by atoms with E-state index >= 15 is 0 Å². The van der Waals surface area contributed by atoms with Crippen molar-refractivity contribution >= 4 is 25.8 Å². The summed E-state index contributed by atoms with van der Waals surface area (Å²) in [6.45, 7) is 1.82. The lowest BCUT2D eigenvalue weighted by molar-refractivity contribution is 0.0729. The molecule has 7 heteroatoms. The van der Waals surface area contributed by atoms with Crippen molar-refractivity contribution in [2.45, 2.75) is 25.2 Å². The number of rotatable bonds is 3. The van der Waals surface area contributed by atoms with Crippen LogP contribution in [-0.4, -0.2) is 37.2 Å². The van der Waals surface area contributed by atoms with E-state index in [-0.39, 0.29) is 17.5 Å². The number of halogens is 1. The monoisotopic (exact) mass is 349 g/mol. The van der Waals surface area contributed by atoms with E-state index in [4.69, 9.17) is 10.5 Å². The van der Waals surface area contributed by atoms with Crippen LogP contribution >= 0.6 is 15.9 Å². The molecule has 0 bridgehead atoms. The highest BCUT2D eigenvalue weighted by Gasteiger charge is 2.38. The van der Waals surface area contributed by atoms with Crippen molar-refractivity contribution in [1.29, 1.82) is 0 Å². The van der Waals surface area contributed by atoms with E-state index < -0.39 is 22.0 Å². The zero-order valence-corrected chi connectivity index (χ0v) is 12.8. The summed E-state index contributed by atoms with van der Waals surface area (Å²) in [5.74, 6) is 0.0867. The normalized spacial score (nSPS) is 27.2. The molecule has 0 saturated carbocycles. The van der Waals surface area contributed by atoms with E-state index in [2.05, 4.69) is 15.9 Å². The van der Waals surface area contributed by atoms with E-state index in [0.717, 1.165) is 10.0 Å². The molecule has 1 aliphatic rings. The van der Waals surface area contributed by atoms with E-state index in [9.17, 15) is 13.5 Å². The van der Waals surface area contributed by atoms with Gasteiger partial charge in [-0.3, -0.25) is 0 Å². The second-order valence-electron chi connectivity index (χ2n) is 4.77. The maximum Gasteiger partial charge on any atom is 0.156 e. The van der Waals surface area contributed by atoms with Gasteiger partial charge in [-0.15, -0.1) is 0 Å². The molecule has 0 amide bonds. The van der Waals surface area contributed by atoms with Crippen LogP contribution in [0.5, 0.6) is 5.75 Å². The molecule has 0 radical (unpaired) electrons. The van der Waals surface area contributed by atoms with E-state index in [1.165, 1.54) is 0 Å². The molecule has 1 aromatic rings. The van der Waals surface area contributed by atoms with Crippen molar-refractivity contribution in [3.05, 3.63) is 28.2 Å². The smallest absolute Gasteiger partial charge is 0.156 e. The van der Waals surface area contributed by atoms with Gasteiger partial charge in [0, 0.05) is 16.1 Å². The van der Waals surface area contributed by atoms with Crippen LogP contribution in [0.15, 0.2) is 22.7 Å². The van der Waals surface area contributed by atoms with Crippen LogP contribution in [-0.2, 0) is 9.84 Å². The third-order valence-corrected chi connectivity index (χ3v) is 5.20. The second kappa shape index (κ2) is 5.40. The van der Waals surface area contributed by atoms with Crippen LogP contribution in [0.25, 0.3) is 0 Å². The zero-order chi connectivity index (χ0) is 14.2. The number of nitrogens with two attached hydrogens (primary N) is 1. The number of hydrogen-bond donors (Lipinski definition) is 2. The number of aliphatic hydroxyl groups excluding tert-OH is 1. The molecule has 106 valence electrons. The largest absolute Gasteiger partial charge is 0.486 e. The number of aliphatic hydroxyl groups is 1. The number of sulfone groups is 1. The predicted octanol–water partition coefficient (Wildman–Crippen LogP) is 1.01. The van der Waals surface area contributed by atoms with E-state index in [1.54, 1.807) is 6.07 Å². The predicted molar refractivity (Wildman–Crippen MR) is 75.8 cm³/mol. The number of hydrogen-bond acceptors (Lipinski definition) is 5. The van der Waals surface area contributed by atoms with Crippen molar-refractivity contribution in [2.75, 3.05) is 11.5 Å². The van der Waals surface area contributed by atoms with E-state index in [1.807, 2.05) is 19.1 Å². The van der Waals surface area contributed by atoms with Gasteiger partial charge in [-0.05, 0) is 19.1 Å². The summed E-state index contributed by atoms with van der Waals surface area (Å²) >= 11 is 3.33. The van der Waals surface area contributed by atoms with Gasteiger partial charge in [-0.1, -0.05) is 22.0 Å². The first kappa shape index (κ1) is 14.8. The van der Waals surface area contributed by atoms with Gasteiger partial charge in [-0.2, -0.15) is 0 Å². The third-order valence-electron chi connectivity index (χ3n) is 3.02. The van der Waals surface area contributed by atoms with Crippen LogP contribution in [0.1, 0.15) is 18.5 Å². The van der Waals surface area contributed by atoms with Crippen LogP contribution in [0.4, 0.5) is 0 Å². The lowest BCUT2D eigenvalue weighted by Gasteiger charge is -2.20. The van der Waals surface area contributed by atoms with Gasteiger partial charge >= 0.3 is 0 Å². The molecule has 1 fully saturated rings. The number of benzene rings is 1. The Hall–Kier alpha value is -0.630. The van der Waals surface area contributed by atoms with Gasteiger partial charge in [0.15, 0.2) is 9.84 Å². The maximum absolute atomic E-state index is 11.5. The van der Waals surface area contributed by atoms with Crippen LogP contribution in [0, 0.1) is 0 Å². The molecule has 3 atom stereocenters. The number of ether oxygens (including phenoxy) is 1. The summed E-state index contributed by atoms with van der Waals surface area (Å²) in [6.07, 6.45) is -1.73. The average Bonchev–Trinajstić information content (AvgIpc) is 2.51. The quantitative estimate of drug-likeness (QED) is 0.849. The van der Waals surface area contributed by atoms with E-state index in [0.29, 0.717) is 5.75 Å². The Morgan fingerprint density at radius 3 is 2.68 bits per heavy atom. The first-order chi connectivity index (χ1) is 8.78. The lowest BCUT2D eigenvalue weighted by atomic mass is 10.1. The minimum absolute atomic E-state index is 0.168. The highest BCUT2D eigenvalue weighted by atomic mass is 79.9. The average molecular weight is 350 g/mol. The molecule has 19 heavy (non-hydrogen) atoms. The maximum atomic E-state index is 11.5. The molecule has 1 aromatic carbocycles. The second-order valence-corrected chi connectivity index (χ2v) is 7.84. The van der Waals surface area contributed by atoms with Crippen molar-refractivity contribution in [3.8, 4) is 5.75 Å². The topological polar surface area (TPSA) is 89.6 Å². The van der Waals surface area contributed by atoms with Crippen LogP contribution in [0.3, 0.4) is 0 Å². The first-order valence-electron chi connectivity index (χ1n) is 5.88. The van der Waals surface area contributed by atoms with Gasteiger partial charge < -0.3 is 15.6 Å². The minimum Gasteiger partial charge on any atom is -0.486 e. The SMILES string of the molecule is CC(N)c1ccc(Br)cc1OC1CS(=O)(=O)CC1O. The standard InChI is InChI=1S/C12H16BrNO4S/c1-7(14)9-3-2-8(13)4-11(9)18-12-6-19(16,17)5-10(12)15/h2-4,7,10,12,15H,5-6,14H2,1H3. The minimum atomic E-state index is -3.23. The summed E-state index contributed by atoms with van der Waals surface area (Å²) in [5.41, 5.74) is 6.63. The Morgan fingerprint density at radius 1 is 1.47 bits per heavy atom. The summed E-state index contributed by atoms with van der Waals surface area (Å²) < 4.78 is 29.4. The van der Waals surface area contributed by atoms with Gasteiger partial charge in [-0.25, -0.2) is 8.42 Å². The molecular formula is C12H16BrNO4S.